The summed E-state index contributed by atoms with van der Waals surface area (Å²) < 4.78 is 6.47. The van der Waals surface area contributed by atoms with Crippen LogP contribution in [0.4, 0.5) is 11.5 Å². The molecule has 1 aromatic heterocycles. The number of hydrogen-bond acceptors (Lipinski definition) is 8. The summed E-state index contributed by atoms with van der Waals surface area (Å²) in [5.41, 5.74) is 8.82. The molecule has 0 bridgehead atoms. The van der Waals surface area contributed by atoms with Gasteiger partial charge in [0, 0.05) is 48.9 Å². The Morgan fingerprint density at radius 2 is 1.90 bits per heavy atom. The van der Waals surface area contributed by atoms with Gasteiger partial charge in [-0.05, 0) is 75.3 Å². The van der Waals surface area contributed by atoms with Gasteiger partial charge in [0.05, 0.1) is 17.3 Å². The largest absolute Gasteiger partial charge is 0.462 e. The number of likely N-dealkylation sites (tertiary alicyclic amines) is 1. The number of nitrogens with two attached hydrogens (primary N) is 1. The lowest BCUT2D eigenvalue weighted by molar-refractivity contribution is -0.128. The molecule has 4 heterocycles. The molecule has 11 heteroatoms. The quantitative estimate of drug-likeness (QED) is 0.148. The number of ether oxygens (including phenoxy) is 1. The number of hydrogen-bond donors (Lipinski definition) is 1. The summed E-state index contributed by atoms with van der Waals surface area (Å²) in [5, 5.41) is 2.89. The van der Waals surface area contributed by atoms with Crippen molar-refractivity contribution in [1.82, 2.24) is 19.8 Å². The van der Waals surface area contributed by atoms with E-state index in [0.717, 1.165) is 84.0 Å². The molecule has 48 heavy (non-hydrogen) atoms. The van der Waals surface area contributed by atoms with Gasteiger partial charge in [-0.2, -0.15) is 9.97 Å². The molecule has 0 spiro atoms. The van der Waals surface area contributed by atoms with Gasteiger partial charge >= 0.3 is 6.01 Å². The minimum absolute atomic E-state index is 0.137. The average Bonchev–Trinajstić information content (AvgIpc) is 3.57. The molecule has 1 amide bonds. The third-order valence-electron chi connectivity index (χ3n) is 10.0. The summed E-state index contributed by atoms with van der Waals surface area (Å²) in [5.74, 6) is 0.719. The van der Waals surface area contributed by atoms with Crippen LogP contribution in [0.2, 0.25) is 5.02 Å². The van der Waals surface area contributed by atoms with E-state index in [0.29, 0.717) is 44.8 Å². The first-order valence-electron chi connectivity index (χ1n) is 17.4. The number of benzene rings is 2. The molecule has 0 radical (unpaired) electrons. The van der Waals surface area contributed by atoms with Crippen LogP contribution in [0.1, 0.15) is 49.8 Å². The lowest BCUT2D eigenvalue weighted by Gasteiger charge is -2.41. The van der Waals surface area contributed by atoms with Crippen LogP contribution >= 0.6 is 11.6 Å². The zero-order valence-electron chi connectivity index (χ0n) is 27.8. The number of amides is 1. The molecule has 2 fully saturated rings. The van der Waals surface area contributed by atoms with Crippen molar-refractivity contribution in [3.63, 3.8) is 0 Å². The summed E-state index contributed by atoms with van der Waals surface area (Å²) in [7, 11) is 0. The highest BCUT2D eigenvalue weighted by molar-refractivity contribution is 6.36. The summed E-state index contributed by atoms with van der Waals surface area (Å²) in [6, 6.07) is 12.8. The first-order chi connectivity index (χ1) is 23.5. The lowest BCUT2D eigenvalue weighted by atomic mass is 10.0. The molecule has 254 valence electrons. The van der Waals surface area contributed by atoms with Gasteiger partial charge in [-0.15, -0.1) is 0 Å². The minimum atomic E-state index is -0.244. The van der Waals surface area contributed by atoms with Crippen LogP contribution in [0.5, 0.6) is 6.01 Å². The number of rotatable bonds is 13. The molecular formula is C37H47ClN8O2. The lowest BCUT2D eigenvalue weighted by Crippen LogP contribution is -2.56. The van der Waals surface area contributed by atoms with E-state index in [1.54, 1.807) is 4.90 Å². The van der Waals surface area contributed by atoms with Crippen LogP contribution in [0.3, 0.4) is 0 Å². The predicted molar refractivity (Wildman–Crippen MR) is 193 cm³/mol. The molecule has 6 rings (SSSR count). The molecule has 2 aromatic carbocycles. The number of piperazine rings is 1. The van der Waals surface area contributed by atoms with Gasteiger partial charge in [0.2, 0.25) is 12.5 Å². The summed E-state index contributed by atoms with van der Waals surface area (Å²) >= 11 is 6.74. The highest BCUT2D eigenvalue weighted by atomic mass is 35.5. The summed E-state index contributed by atoms with van der Waals surface area (Å²) in [6.45, 7) is 18.0. The SMILES string of the molecule is [C-]#[N+]C[C@H]1CN(c2nc(OC[C@@H]3CCCN3CCCCCCN)nc3c2CCN(c2cccc4cccc(Cl)c24)C3)CCN1C(=O)C=C. The Hall–Kier alpha value is -3.91. The Morgan fingerprint density at radius 3 is 2.71 bits per heavy atom. The van der Waals surface area contributed by atoms with Gasteiger partial charge < -0.3 is 30.0 Å². The summed E-state index contributed by atoms with van der Waals surface area (Å²) in [6.07, 6.45) is 9.03. The average molecular weight is 671 g/mol. The number of carbonyl (C=O) groups is 1. The smallest absolute Gasteiger partial charge is 0.318 e. The van der Waals surface area contributed by atoms with Crippen LogP contribution in [0.25, 0.3) is 15.6 Å². The first kappa shape index (κ1) is 34.0. The van der Waals surface area contributed by atoms with Crippen molar-refractivity contribution in [2.45, 2.75) is 63.6 Å². The van der Waals surface area contributed by atoms with Crippen LogP contribution in [-0.4, -0.2) is 96.7 Å². The Bertz CT molecular complexity index is 1640. The third kappa shape index (κ3) is 7.54. The van der Waals surface area contributed by atoms with Gasteiger partial charge in [-0.25, -0.2) is 6.57 Å². The second-order valence-electron chi connectivity index (χ2n) is 13.1. The molecule has 10 nitrogen and oxygen atoms in total. The van der Waals surface area contributed by atoms with E-state index in [9.17, 15) is 4.79 Å². The molecule has 3 aliphatic heterocycles. The van der Waals surface area contributed by atoms with E-state index >= 15 is 0 Å². The fourth-order valence-corrected chi connectivity index (χ4v) is 7.82. The molecule has 2 saturated heterocycles. The van der Waals surface area contributed by atoms with Crippen LogP contribution < -0.4 is 20.3 Å². The molecule has 2 atom stereocenters. The van der Waals surface area contributed by atoms with Crippen molar-refractivity contribution in [1.29, 1.82) is 0 Å². The first-order valence-corrected chi connectivity index (χ1v) is 17.8. The molecule has 0 aliphatic carbocycles. The van der Waals surface area contributed by atoms with Gasteiger partial charge in [-0.1, -0.05) is 55.3 Å². The van der Waals surface area contributed by atoms with E-state index < -0.39 is 0 Å². The minimum Gasteiger partial charge on any atom is -0.462 e. The van der Waals surface area contributed by atoms with Crippen molar-refractivity contribution in [3.8, 4) is 6.01 Å². The van der Waals surface area contributed by atoms with Crippen molar-refractivity contribution >= 4 is 39.8 Å². The van der Waals surface area contributed by atoms with Gasteiger partial charge in [0.25, 0.3) is 0 Å². The zero-order chi connectivity index (χ0) is 33.5. The standard InChI is InChI=1S/C37H47ClN8O2/c1-3-34(47)46-22-21-45(24-29(46)23-40-2)36-30-16-20-44(33-15-9-12-27-11-8-14-31(38)35(27)33)25-32(30)41-37(42-36)48-26-28-13-10-19-43(28)18-7-5-4-6-17-39/h3,8-9,11-12,14-15,28-29H,1,4-7,10,13,16-26,39H2/t28-,29-/m0/s1. The van der Waals surface area contributed by atoms with Crippen molar-refractivity contribution in [3.05, 3.63) is 76.8 Å². The number of carbonyl (C=O) groups excluding carboxylic acids is 1. The van der Waals surface area contributed by atoms with Gasteiger partial charge in [0.15, 0.2) is 0 Å². The number of aromatic nitrogens is 2. The van der Waals surface area contributed by atoms with E-state index in [1.165, 1.54) is 31.8 Å². The van der Waals surface area contributed by atoms with E-state index in [4.69, 9.17) is 38.6 Å². The monoisotopic (exact) mass is 670 g/mol. The highest BCUT2D eigenvalue weighted by Gasteiger charge is 2.35. The second-order valence-corrected chi connectivity index (χ2v) is 13.5. The Morgan fingerprint density at radius 1 is 1.06 bits per heavy atom. The van der Waals surface area contributed by atoms with Crippen LogP contribution in [0, 0.1) is 6.57 Å². The zero-order valence-corrected chi connectivity index (χ0v) is 28.6. The molecule has 3 aliphatic rings. The second kappa shape index (κ2) is 16.0. The normalized spacial score (nSPS) is 19.7. The topological polar surface area (TPSA) is 95.4 Å². The molecule has 0 saturated carbocycles. The van der Waals surface area contributed by atoms with Gasteiger partial charge in [-0.3, -0.25) is 9.69 Å². The number of fused-ring (bicyclic) bond motifs is 2. The fourth-order valence-electron chi connectivity index (χ4n) is 7.54. The number of halogens is 1. The Kier molecular flexibility index (Phi) is 11.3. The molecular weight excluding hydrogens is 624 g/mol. The van der Waals surface area contributed by atoms with Crippen molar-refractivity contribution < 1.29 is 9.53 Å². The van der Waals surface area contributed by atoms with Crippen molar-refractivity contribution in [2.24, 2.45) is 5.73 Å². The maximum Gasteiger partial charge on any atom is 0.318 e. The predicted octanol–water partition coefficient (Wildman–Crippen LogP) is 5.33. The molecule has 3 aromatic rings. The number of unbranched alkanes of at least 4 members (excludes halogenated alkanes) is 3. The third-order valence-corrected chi connectivity index (χ3v) is 10.4. The van der Waals surface area contributed by atoms with E-state index in [-0.39, 0.29) is 18.5 Å². The highest BCUT2D eigenvalue weighted by Crippen LogP contribution is 2.37. The number of nitrogens with zero attached hydrogens (tertiary/aromatic N) is 7. The molecule has 0 unspecified atom stereocenters. The summed E-state index contributed by atoms with van der Waals surface area (Å²) in [4.78, 5) is 35.3. The van der Waals surface area contributed by atoms with E-state index in [2.05, 4.69) is 50.4 Å². The van der Waals surface area contributed by atoms with Crippen LogP contribution in [0.15, 0.2) is 49.1 Å². The number of anilines is 2. The van der Waals surface area contributed by atoms with Crippen molar-refractivity contribution in [2.75, 3.05) is 68.8 Å². The fraction of sp³-hybridized carbons (Fsp3) is 0.514. The van der Waals surface area contributed by atoms with Crippen LogP contribution in [-0.2, 0) is 17.8 Å². The maximum atomic E-state index is 12.6. The Labute approximate surface area is 289 Å². The maximum absolute atomic E-state index is 12.6. The Balaban J connectivity index is 1.27. The van der Waals surface area contributed by atoms with Gasteiger partial charge in [0.1, 0.15) is 18.5 Å². The van der Waals surface area contributed by atoms with E-state index in [1.807, 2.05) is 12.1 Å². The molecule has 2 N–H and O–H groups in total.